The van der Waals surface area contributed by atoms with Gasteiger partial charge >= 0.3 is 0 Å². The van der Waals surface area contributed by atoms with Crippen LogP contribution in [0, 0.1) is 0 Å². The molecule has 0 aliphatic carbocycles. The zero-order valence-corrected chi connectivity index (χ0v) is 12.3. The number of ketones is 1. The normalized spacial score (nSPS) is 10.6. The topological polar surface area (TPSA) is 26.3 Å². The van der Waals surface area contributed by atoms with Gasteiger partial charge in [0.05, 0.1) is 7.11 Å². The molecule has 0 atom stereocenters. The summed E-state index contributed by atoms with van der Waals surface area (Å²) in [6.45, 7) is 5.75. The summed E-state index contributed by atoms with van der Waals surface area (Å²) in [7, 11) is 1.60. The zero-order chi connectivity index (χ0) is 15.2. The first-order chi connectivity index (χ1) is 10.2. The molecule has 2 nitrogen and oxygen atoms in total. The van der Waals surface area contributed by atoms with Gasteiger partial charge in [-0.15, -0.1) is 0 Å². The molecular weight excluding hydrogens is 260 g/mol. The number of benzene rings is 2. The summed E-state index contributed by atoms with van der Waals surface area (Å²) in [5.74, 6) is 0.634. The van der Waals surface area contributed by atoms with E-state index in [2.05, 4.69) is 6.58 Å². The summed E-state index contributed by atoms with van der Waals surface area (Å²) in [5, 5.41) is 0. The minimum absolute atomic E-state index is 0.0183. The van der Waals surface area contributed by atoms with Gasteiger partial charge in [-0.1, -0.05) is 55.1 Å². The molecule has 0 fully saturated rings. The van der Waals surface area contributed by atoms with Crippen molar-refractivity contribution >= 4 is 17.9 Å². The van der Waals surface area contributed by atoms with Crippen molar-refractivity contribution in [3.8, 4) is 5.75 Å². The minimum atomic E-state index is -0.0183. The summed E-state index contributed by atoms with van der Waals surface area (Å²) in [6.07, 6.45) is 5.62. The predicted octanol–water partition coefficient (Wildman–Crippen LogP) is 4.60. The molecule has 106 valence electrons. The molecule has 21 heavy (non-hydrogen) atoms. The SMILES string of the molecule is C=Cc1c(/C=C\C)cc(C(=O)c2ccccc2)cc1OC. The van der Waals surface area contributed by atoms with Gasteiger partial charge in [-0.2, -0.15) is 0 Å². The third kappa shape index (κ3) is 3.11. The lowest BCUT2D eigenvalue weighted by molar-refractivity contribution is 0.103. The summed E-state index contributed by atoms with van der Waals surface area (Å²) < 4.78 is 5.39. The van der Waals surface area contributed by atoms with Crippen LogP contribution in [0.5, 0.6) is 5.75 Å². The Morgan fingerprint density at radius 2 is 1.86 bits per heavy atom. The number of allylic oxidation sites excluding steroid dienone is 1. The minimum Gasteiger partial charge on any atom is -0.496 e. The van der Waals surface area contributed by atoms with Crippen LogP contribution in [0.1, 0.15) is 34.0 Å². The van der Waals surface area contributed by atoms with Gasteiger partial charge in [-0.05, 0) is 24.6 Å². The largest absolute Gasteiger partial charge is 0.496 e. The van der Waals surface area contributed by atoms with E-state index in [0.29, 0.717) is 16.9 Å². The molecule has 2 rings (SSSR count). The Kier molecular flexibility index (Phi) is 4.72. The fourth-order valence-corrected chi connectivity index (χ4v) is 2.24. The van der Waals surface area contributed by atoms with Crippen molar-refractivity contribution in [3.05, 3.63) is 77.4 Å². The standard InChI is InChI=1S/C19H18O2/c1-4-9-15-12-16(13-18(21-3)17(15)5-2)19(20)14-10-7-6-8-11-14/h4-13H,2H2,1,3H3/b9-4-. The number of carbonyl (C=O) groups excluding carboxylic acids is 1. The second-order valence-electron chi connectivity index (χ2n) is 4.58. The molecular formula is C19H18O2. The van der Waals surface area contributed by atoms with Gasteiger partial charge in [0.15, 0.2) is 5.78 Å². The van der Waals surface area contributed by atoms with Crippen molar-refractivity contribution in [2.75, 3.05) is 7.11 Å². The van der Waals surface area contributed by atoms with Crippen LogP contribution in [0.25, 0.3) is 12.2 Å². The van der Waals surface area contributed by atoms with Crippen molar-refractivity contribution in [1.82, 2.24) is 0 Å². The summed E-state index contributed by atoms with van der Waals surface area (Å²) in [5.41, 5.74) is 3.08. The molecule has 0 aromatic heterocycles. The van der Waals surface area contributed by atoms with E-state index in [1.807, 2.05) is 55.5 Å². The van der Waals surface area contributed by atoms with Gasteiger partial charge in [0.2, 0.25) is 0 Å². The first kappa shape index (κ1) is 14.8. The number of hydrogen-bond acceptors (Lipinski definition) is 2. The van der Waals surface area contributed by atoms with E-state index in [9.17, 15) is 4.79 Å². The average molecular weight is 278 g/mol. The highest BCUT2D eigenvalue weighted by molar-refractivity contribution is 6.09. The Balaban J connectivity index is 2.57. The Bertz CT molecular complexity index is 682. The van der Waals surface area contributed by atoms with Crippen LogP contribution in [0.4, 0.5) is 0 Å². The third-order valence-electron chi connectivity index (χ3n) is 3.24. The molecule has 2 aromatic carbocycles. The third-order valence-corrected chi connectivity index (χ3v) is 3.24. The van der Waals surface area contributed by atoms with Crippen molar-refractivity contribution in [2.24, 2.45) is 0 Å². The highest BCUT2D eigenvalue weighted by Crippen LogP contribution is 2.28. The zero-order valence-electron chi connectivity index (χ0n) is 12.3. The smallest absolute Gasteiger partial charge is 0.193 e. The number of rotatable bonds is 5. The van der Waals surface area contributed by atoms with Crippen molar-refractivity contribution < 1.29 is 9.53 Å². The molecule has 0 amide bonds. The monoisotopic (exact) mass is 278 g/mol. The molecule has 0 spiro atoms. The fraction of sp³-hybridized carbons (Fsp3) is 0.105. The highest BCUT2D eigenvalue weighted by Gasteiger charge is 2.14. The van der Waals surface area contributed by atoms with E-state index in [-0.39, 0.29) is 5.78 Å². The Morgan fingerprint density at radius 1 is 1.14 bits per heavy atom. The van der Waals surface area contributed by atoms with Crippen molar-refractivity contribution in [2.45, 2.75) is 6.92 Å². The van der Waals surface area contributed by atoms with Crippen LogP contribution < -0.4 is 4.74 Å². The lowest BCUT2D eigenvalue weighted by Crippen LogP contribution is -2.03. The summed E-state index contributed by atoms with van der Waals surface area (Å²) >= 11 is 0. The molecule has 0 unspecified atom stereocenters. The lowest BCUT2D eigenvalue weighted by Gasteiger charge is -2.11. The lowest BCUT2D eigenvalue weighted by atomic mass is 9.97. The Hall–Kier alpha value is -2.61. The number of ether oxygens (including phenoxy) is 1. The molecule has 0 saturated carbocycles. The van der Waals surface area contributed by atoms with Crippen LogP contribution in [0.15, 0.2) is 55.1 Å². The van der Waals surface area contributed by atoms with Gasteiger partial charge in [0.1, 0.15) is 5.75 Å². The molecule has 0 bridgehead atoms. The fourth-order valence-electron chi connectivity index (χ4n) is 2.24. The second-order valence-corrected chi connectivity index (χ2v) is 4.58. The molecule has 0 N–H and O–H groups in total. The second kappa shape index (κ2) is 6.71. The average Bonchev–Trinajstić information content (AvgIpc) is 2.54. The molecule has 0 heterocycles. The first-order valence-electron chi connectivity index (χ1n) is 6.78. The maximum atomic E-state index is 12.6. The van der Waals surface area contributed by atoms with Crippen molar-refractivity contribution in [3.63, 3.8) is 0 Å². The number of hydrogen-bond donors (Lipinski definition) is 0. The van der Waals surface area contributed by atoms with Crippen LogP contribution in [-0.2, 0) is 0 Å². The number of carbonyl (C=O) groups is 1. The number of methoxy groups -OCH3 is 1. The molecule has 2 heteroatoms. The van der Waals surface area contributed by atoms with Gasteiger partial charge in [0, 0.05) is 16.7 Å². The van der Waals surface area contributed by atoms with Gasteiger partial charge in [0.25, 0.3) is 0 Å². The predicted molar refractivity (Wildman–Crippen MR) is 87.7 cm³/mol. The maximum absolute atomic E-state index is 12.6. The van der Waals surface area contributed by atoms with Crippen LogP contribution in [-0.4, -0.2) is 12.9 Å². The molecule has 2 aromatic rings. The van der Waals surface area contributed by atoms with E-state index in [1.54, 1.807) is 19.3 Å². The Morgan fingerprint density at radius 3 is 2.43 bits per heavy atom. The van der Waals surface area contributed by atoms with E-state index >= 15 is 0 Å². The molecule has 0 aliphatic rings. The van der Waals surface area contributed by atoms with Crippen molar-refractivity contribution in [1.29, 1.82) is 0 Å². The van der Waals surface area contributed by atoms with Gasteiger partial charge in [-0.3, -0.25) is 4.79 Å². The van der Waals surface area contributed by atoms with E-state index in [1.165, 1.54) is 0 Å². The Labute approximate surface area is 125 Å². The quantitative estimate of drug-likeness (QED) is 0.747. The summed E-state index contributed by atoms with van der Waals surface area (Å²) in [4.78, 5) is 12.6. The first-order valence-corrected chi connectivity index (χ1v) is 6.78. The highest BCUT2D eigenvalue weighted by atomic mass is 16.5. The maximum Gasteiger partial charge on any atom is 0.193 e. The summed E-state index contributed by atoms with van der Waals surface area (Å²) in [6, 6.07) is 12.9. The van der Waals surface area contributed by atoms with Crippen LogP contribution in [0.3, 0.4) is 0 Å². The molecule has 0 aliphatic heterocycles. The van der Waals surface area contributed by atoms with Gasteiger partial charge < -0.3 is 4.74 Å². The van der Waals surface area contributed by atoms with E-state index < -0.39 is 0 Å². The van der Waals surface area contributed by atoms with Gasteiger partial charge in [-0.25, -0.2) is 0 Å². The molecule has 0 radical (unpaired) electrons. The van der Waals surface area contributed by atoms with Crippen LogP contribution in [0.2, 0.25) is 0 Å². The van der Waals surface area contributed by atoms with E-state index in [0.717, 1.165) is 11.1 Å². The van der Waals surface area contributed by atoms with Crippen LogP contribution >= 0.6 is 0 Å². The van der Waals surface area contributed by atoms with E-state index in [4.69, 9.17) is 4.74 Å². The molecule has 0 saturated heterocycles.